The molecule has 0 aliphatic carbocycles. The largest absolute Gasteiger partial charge is 0.484 e. The van der Waals surface area contributed by atoms with Gasteiger partial charge in [-0.15, -0.1) is 24.0 Å². The Kier molecular flexibility index (Phi) is 10.4. The van der Waals surface area contributed by atoms with E-state index in [-0.39, 0.29) is 29.7 Å². The molecule has 0 atom stereocenters. The first-order valence-electron chi connectivity index (χ1n) is 9.27. The monoisotopic (exact) mass is 514 g/mol. The maximum atomic E-state index is 12.4. The molecule has 1 aromatic rings. The van der Waals surface area contributed by atoms with Crippen LogP contribution in [0.1, 0.15) is 32.3 Å². The molecular formula is C19H30F3IN4O. The second-order valence-corrected chi connectivity index (χ2v) is 6.99. The fourth-order valence-corrected chi connectivity index (χ4v) is 3.08. The fraction of sp³-hybridized carbons (Fsp3) is 0.632. The number of halogens is 4. The lowest BCUT2D eigenvalue weighted by Crippen LogP contribution is -2.49. The maximum absolute atomic E-state index is 12.4. The molecule has 2 N–H and O–H groups in total. The van der Waals surface area contributed by atoms with E-state index in [1.54, 1.807) is 31.3 Å². The van der Waals surface area contributed by atoms with Crippen LogP contribution in [0.3, 0.4) is 0 Å². The molecule has 1 aliphatic rings. The molecular weight excluding hydrogens is 484 g/mol. The van der Waals surface area contributed by atoms with Gasteiger partial charge in [0, 0.05) is 44.3 Å². The second-order valence-electron chi connectivity index (χ2n) is 6.99. The number of aliphatic imine (C=N–C) groups is 1. The summed E-state index contributed by atoms with van der Waals surface area (Å²) in [6, 6.07) is 7.60. The molecule has 9 heteroatoms. The number of para-hydroxylation sites is 1. The van der Waals surface area contributed by atoms with Crippen molar-refractivity contribution >= 4 is 29.9 Å². The van der Waals surface area contributed by atoms with Crippen LogP contribution in [0.5, 0.6) is 5.75 Å². The minimum absolute atomic E-state index is 0. The predicted octanol–water partition coefficient (Wildman–Crippen LogP) is 3.78. The highest BCUT2D eigenvalue weighted by atomic mass is 127. The van der Waals surface area contributed by atoms with Crippen molar-refractivity contribution in [3.8, 4) is 5.75 Å². The van der Waals surface area contributed by atoms with Crippen LogP contribution in [0.15, 0.2) is 29.3 Å². The SMILES string of the molecule is CN=C(NCc1ccccc1OCC(F)(F)F)NC1CCN(C(C)C)CC1.I. The van der Waals surface area contributed by atoms with Crippen molar-refractivity contribution in [1.29, 1.82) is 0 Å². The first-order chi connectivity index (χ1) is 12.8. The number of ether oxygens (including phenoxy) is 1. The van der Waals surface area contributed by atoms with Gasteiger partial charge in [-0.05, 0) is 32.8 Å². The normalized spacial score (nSPS) is 16.6. The number of nitrogens with one attached hydrogen (secondary N) is 2. The summed E-state index contributed by atoms with van der Waals surface area (Å²) < 4.78 is 42.1. The molecule has 160 valence electrons. The molecule has 0 spiro atoms. The molecule has 1 fully saturated rings. The highest BCUT2D eigenvalue weighted by Crippen LogP contribution is 2.22. The van der Waals surface area contributed by atoms with Gasteiger partial charge in [-0.25, -0.2) is 0 Å². The lowest BCUT2D eigenvalue weighted by molar-refractivity contribution is -0.153. The molecule has 0 aromatic heterocycles. The molecule has 5 nitrogen and oxygen atoms in total. The lowest BCUT2D eigenvalue weighted by atomic mass is 10.0. The van der Waals surface area contributed by atoms with Crippen LogP contribution in [-0.2, 0) is 6.54 Å². The first-order valence-corrected chi connectivity index (χ1v) is 9.27. The molecule has 2 rings (SSSR count). The Bertz CT molecular complexity index is 617. The minimum atomic E-state index is -4.36. The number of alkyl halides is 3. The average Bonchev–Trinajstić information content (AvgIpc) is 2.63. The van der Waals surface area contributed by atoms with Crippen molar-refractivity contribution < 1.29 is 17.9 Å². The molecule has 0 unspecified atom stereocenters. The standard InChI is InChI=1S/C19H29F3N4O.HI/c1-14(2)26-10-8-16(9-11-26)25-18(23-3)24-12-15-6-4-5-7-17(15)27-13-19(20,21)22;/h4-7,14,16H,8-13H2,1-3H3,(H2,23,24,25);1H. The molecule has 1 aromatic carbocycles. The summed E-state index contributed by atoms with van der Waals surface area (Å²) in [5, 5.41) is 6.57. The van der Waals surface area contributed by atoms with Crippen molar-refractivity contribution in [3.63, 3.8) is 0 Å². The molecule has 28 heavy (non-hydrogen) atoms. The predicted molar refractivity (Wildman–Crippen MR) is 116 cm³/mol. The molecule has 1 heterocycles. The van der Waals surface area contributed by atoms with E-state index in [0.717, 1.165) is 25.9 Å². The van der Waals surface area contributed by atoms with Crippen molar-refractivity contribution in [2.75, 3.05) is 26.7 Å². The van der Waals surface area contributed by atoms with Gasteiger partial charge in [0.2, 0.25) is 0 Å². The molecule has 0 amide bonds. The van der Waals surface area contributed by atoms with Crippen molar-refractivity contribution in [1.82, 2.24) is 15.5 Å². The third-order valence-corrected chi connectivity index (χ3v) is 4.63. The highest BCUT2D eigenvalue weighted by molar-refractivity contribution is 14.0. The smallest absolute Gasteiger partial charge is 0.422 e. The molecule has 1 aliphatic heterocycles. The van der Waals surface area contributed by atoms with E-state index in [1.165, 1.54) is 0 Å². The number of guanidine groups is 1. The van der Waals surface area contributed by atoms with E-state index < -0.39 is 12.8 Å². The lowest BCUT2D eigenvalue weighted by Gasteiger charge is -2.35. The summed E-state index contributed by atoms with van der Waals surface area (Å²) in [5.74, 6) is 0.867. The number of nitrogens with zero attached hydrogens (tertiary/aromatic N) is 2. The van der Waals surface area contributed by atoms with Gasteiger partial charge in [0.25, 0.3) is 0 Å². The van der Waals surface area contributed by atoms with Crippen LogP contribution in [-0.4, -0.2) is 55.9 Å². The van der Waals surface area contributed by atoms with Gasteiger partial charge in [0.1, 0.15) is 5.75 Å². The summed E-state index contributed by atoms with van der Waals surface area (Å²) in [5.41, 5.74) is 0.652. The van der Waals surface area contributed by atoms with E-state index in [1.807, 2.05) is 0 Å². The summed E-state index contributed by atoms with van der Waals surface area (Å²) in [4.78, 5) is 6.67. The summed E-state index contributed by atoms with van der Waals surface area (Å²) in [6.07, 6.45) is -2.29. The van der Waals surface area contributed by atoms with E-state index in [0.29, 0.717) is 30.2 Å². The van der Waals surface area contributed by atoms with Crippen molar-refractivity contribution in [2.45, 2.75) is 51.5 Å². The summed E-state index contributed by atoms with van der Waals surface area (Å²) in [6.45, 7) is 5.52. The van der Waals surface area contributed by atoms with Gasteiger partial charge >= 0.3 is 6.18 Å². The molecule has 1 saturated heterocycles. The van der Waals surface area contributed by atoms with Crippen molar-refractivity contribution in [2.24, 2.45) is 4.99 Å². The Balaban J connectivity index is 0.00000392. The van der Waals surface area contributed by atoms with Crippen LogP contribution in [0, 0.1) is 0 Å². The van der Waals surface area contributed by atoms with Crippen molar-refractivity contribution in [3.05, 3.63) is 29.8 Å². The Morgan fingerprint density at radius 3 is 2.46 bits per heavy atom. The topological polar surface area (TPSA) is 48.9 Å². The molecule has 0 saturated carbocycles. The maximum Gasteiger partial charge on any atom is 0.422 e. The Morgan fingerprint density at radius 2 is 1.89 bits per heavy atom. The zero-order chi connectivity index (χ0) is 19.9. The summed E-state index contributed by atoms with van der Waals surface area (Å²) in [7, 11) is 1.69. The summed E-state index contributed by atoms with van der Waals surface area (Å²) >= 11 is 0. The Hall–Kier alpha value is -1.23. The second kappa shape index (κ2) is 11.7. The van der Waals surface area contributed by atoms with Crippen LogP contribution in [0.25, 0.3) is 0 Å². The van der Waals surface area contributed by atoms with Crippen LogP contribution >= 0.6 is 24.0 Å². The first kappa shape index (κ1) is 24.8. The van der Waals surface area contributed by atoms with Gasteiger partial charge in [-0.2, -0.15) is 13.2 Å². The third-order valence-electron chi connectivity index (χ3n) is 4.63. The third kappa shape index (κ3) is 8.42. The van der Waals surface area contributed by atoms with Gasteiger partial charge in [-0.3, -0.25) is 4.99 Å². The van der Waals surface area contributed by atoms with Crippen LogP contribution in [0.2, 0.25) is 0 Å². The van der Waals surface area contributed by atoms with Crippen LogP contribution < -0.4 is 15.4 Å². The fourth-order valence-electron chi connectivity index (χ4n) is 3.08. The van der Waals surface area contributed by atoms with E-state index >= 15 is 0 Å². The zero-order valence-corrected chi connectivity index (χ0v) is 18.9. The van der Waals surface area contributed by atoms with E-state index in [2.05, 4.69) is 34.4 Å². The Labute approximate surface area is 182 Å². The molecule has 0 radical (unpaired) electrons. The number of piperidine rings is 1. The van der Waals surface area contributed by atoms with Crippen LogP contribution in [0.4, 0.5) is 13.2 Å². The highest BCUT2D eigenvalue weighted by Gasteiger charge is 2.28. The number of likely N-dealkylation sites (tertiary alicyclic amines) is 1. The zero-order valence-electron chi connectivity index (χ0n) is 16.6. The van der Waals surface area contributed by atoms with Gasteiger partial charge in [-0.1, -0.05) is 18.2 Å². The van der Waals surface area contributed by atoms with E-state index in [9.17, 15) is 13.2 Å². The van der Waals surface area contributed by atoms with Gasteiger partial charge < -0.3 is 20.3 Å². The average molecular weight is 514 g/mol. The van der Waals surface area contributed by atoms with Gasteiger partial charge in [0.15, 0.2) is 12.6 Å². The molecule has 0 bridgehead atoms. The van der Waals surface area contributed by atoms with E-state index in [4.69, 9.17) is 4.74 Å². The quantitative estimate of drug-likeness (QED) is 0.345. The Morgan fingerprint density at radius 1 is 1.25 bits per heavy atom. The number of rotatable bonds is 6. The number of hydrogen-bond acceptors (Lipinski definition) is 3. The number of benzene rings is 1. The minimum Gasteiger partial charge on any atom is -0.484 e. The number of hydrogen-bond donors (Lipinski definition) is 2. The van der Waals surface area contributed by atoms with Gasteiger partial charge in [0.05, 0.1) is 0 Å².